The zero-order valence-electron chi connectivity index (χ0n) is 21.5. The number of ether oxygens (including phenoxy) is 2. The minimum absolute atomic E-state index is 0.0935. The Morgan fingerprint density at radius 1 is 0.973 bits per heavy atom. The van der Waals surface area contributed by atoms with E-state index in [-0.39, 0.29) is 37.2 Å². The number of urea groups is 1. The topological polar surface area (TPSA) is 137 Å². The molecule has 9 heteroatoms. The number of nitrogens with two attached hydrogens (primary N) is 1. The Kier molecular flexibility index (Phi) is 9.65. The highest BCUT2D eigenvalue weighted by atomic mass is 16.5. The van der Waals surface area contributed by atoms with E-state index in [0.717, 1.165) is 22.3 Å². The van der Waals surface area contributed by atoms with E-state index < -0.39 is 30.1 Å². The molecule has 3 amide bonds. The molecule has 0 spiro atoms. The maximum atomic E-state index is 13.1. The van der Waals surface area contributed by atoms with Crippen LogP contribution in [0.4, 0.5) is 9.59 Å². The van der Waals surface area contributed by atoms with Crippen molar-refractivity contribution in [2.75, 3.05) is 20.3 Å². The molecule has 0 bridgehead atoms. The zero-order valence-corrected chi connectivity index (χ0v) is 21.5. The summed E-state index contributed by atoms with van der Waals surface area (Å²) in [6, 6.07) is 14.6. The number of primary amides is 1. The molecule has 2 aromatic rings. The van der Waals surface area contributed by atoms with Gasteiger partial charge in [0.25, 0.3) is 0 Å². The van der Waals surface area contributed by atoms with Crippen molar-refractivity contribution in [1.82, 2.24) is 10.6 Å². The molecule has 0 saturated carbocycles. The number of methoxy groups -OCH3 is 1. The molecule has 0 heterocycles. The van der Waals surface area contributed by atoms with Gasteiger partial charge in [0.15, 0.2) is 5.78 Å². The van der Waals surface area contributed by atoms with Gasteiger partial charge in [0.05, 0.1) is 19.1 Å². The molecule has 9 nitrogen and oxygen atoms in total. The summed E-state index contributed by atoms with van der Waals surface area (Å²) in [6.45, 7) is 4.05. The number of carbonyl (C=O) groups excluding carboxylic acids is 4. The molecule has 0 fully saturated rings. The third-order valence-electron chi connectivity index (χ3n) is 6.64. The summed E-state index contributed by atoms with van der Waals surface area (Å²) in [6.07, 6.45) is -0.0130. The van der Waals surface area contributed by atoms with Gasteiger partial charge in [-0.05, 0) is 41.0 Å². The Bertz CT molecular complexity index is 1090. The number of benzene rings is 2. The zero-order chi connectivity index (χ0) is 26.9. The third kappa shape index (κ3) is 7.09. The first kappa shape index (κ1) is 27.7. The van der Waals surface area contributed by atoms with Crippen LogP contribution in [0.15, 0.2) is 48.5 Å². The number of fused-ring (bicyclic) bond motifs is 3. The van der Waals surface area contributed by atoms with E-state index in [0.29, 0.717) is 12.8 Å². The normalized spacial score (nSPS) is 13.7. The van der Waals surface area contributed by atoms with Crippen molar-refractivity contribution in [1.29, 1.82) is 0 Å². The van der Waals surface area contributed by atoms with Gasteiger partial charge < -0.3 is 25.8 Å². The average molecular weight is 510 g/mol. The maximum absolute atomic E-state index is 13.1. The van der Waals surface area contributed by atoms with Crippen molar-refractivity contribution in [3.63, 3.8) is 0 Å². The third-order valence-corrected chi connectivity index (χ3v) is 6.64. The van der Waals surface area contributed by atoms with Crippen LogP contribution >= 0.6 is 0 Å². The highest BCUT2D eigenvalue weighted by Gasteiger charge is 2.32. The fourth-order valence-electron chi connectivity index (χ4n) is 4.79. The van der Waals surface area contributed by atoms with E-state index in [1.165, 1.54) is 7.11 Å². The summed E-state index contributed by atoms with van der Waals surface area (Å²) in [5, 5.41) is 5.15. The molecule has 3 rings (SSSR count). The van der Waals surface area contributed by atoms with Crippen LogP contribution in [0.25, 0.3) is 11.1 Å². The minimum Gasteiger partial charge on any atom is -0.469 e. The highest BCUT2D eigenvalue weighted by molar-refractivity contribution is 5.90. The molecule has 2 aromatic carbocycles. The van der Waals surface area contributed by atoms with Crippen LogP contribution in [-0.2, 0) is 19.1 Å². The number of rotatable bonds is 12. The Labute approximate surface area is 217 Å². The van der Waals surface area contributed by atoms with Crippen molar-refractivity contribution in [3.8, 4) is 11.1 Å². The Hall–Kier alpha value is -3.88. The first-order chi connectivity index (χ1) is 17.7. The predicted octanol–water partition coefficient (Wildman–Crippen LogP) is 3.75. The van der Waals surface area contributed by atoms with E-state index in [4.69, 9.17) is 15.2 Å². The van der Waals surface area contributed by atoms with E-state index >= 15 is 0 Å². The van der Waals surface area contributed by atoms with E-state index in [9.17, 15) is 19.2 Å². The summed E-state index contributed by atoms with van der Waals surface area (Å²) in [4.78, 5) is 49.0. The number of ketones is 1. The molecular formula is C28H35N3O6. The van der Waals surface area contributed by atoms with Crippen LogP contribution in [0.2, 0.25) is 0 Å². The lowest BCUT2D eigenvalue weighted by Crippen LogP contribution is -2.45. The number of alkyl carbamates (subject to hydrolysis) is 1. The Balaban J connectivity index is 1.61. The van der Waals surface area contributed by atoms with Gasteiger partial charge in [-0.2, -0.15) is 0 Å². The van der Waals surface area contributed by atoms with Gasteiger partial charge in [-0.1, -0.05) is 62.4 Å². The highest BCUT2D eigenvalue weighted by Crippen LogP contribution is 2.44. The summed E-state index contributed by atoms with van der Waals surface area (Å²) in [5.74, 6) is -1.82. The predicted molar refractivity (Wildman–Crippen MR) is 139 cm³/mol. The van der Waals surface area contributed by atoms with Crippen LogP contribution in [0, 0.1) is 11.8 Å². The van der Waals surface area contributed by atoms with Gasteiger partial charge in [-0.25, -0.2) is 9.59 Å². The first-order valence-corrected chi connectivity index (χ1v) is 12.5. The second kappa shape index (κ2) is 12.9. The Morgan fingerprint density at radius 2 is 1.57 bits per heavy atom. The van der Waals surface area contributed by atoms with Gasteiger partial charge >= 0.3 is 18.1 Å². The lowest BCUT2D eigenvalue weighted by atomic mass is 9.90. The molecule has 198 valence electrons. The molecule has 0 aliphatic heterocycles. The molecule has 0 saturated heterocycles. The molecule has 37 heavy (non-hydrogen) atoms. The van der Waals surface area contributed by atoms with Gasteiger partial charge in [-0.15, -0.1) is 0 Å². The number of amides is 3. The first-order valence-electron chi connectivity index (χ1n) is 12.5. The summed E-state index contributed by atoms with van der Waals surface area (Å²) in [5.41, 5.74) is 9.51. The smallest absolute Gasteiger partial charge is 0.407 e. The summed E-state index contributed by atoms with van der Waals surface area (Å²) in [7, 11) is 1.26. The van der Waals surface area contributed by atoms with Crippen molar-refractivity contribution < 1.29 is 28.7 Å². The van der Waals surface area contributed by atoms with Crippen LogP contribution in [-0.4, -0.2) is 50.2 Å². The average Bonchev–Trinajstić information content (AvgIpc) is 3.20. The van der Waals surface area contributed by atoms with Gasteiger partial charge in [0, 0.05) is 18.9 Å². The van der Waals surface area contributed by atoms with Crippen molar-refractivity contribution in [2.24, 2.45) is 17.6 Å². The standard InChI is InChI=1S/C28H35N3O6/c1-17(2)25(24(32)15-18(26(33)36-3)9-8-14-30-27(29)34)31-28(35)37-16-23-21-12-6-4-10-19(21)20-11-5-7-13-22(20)23/h4-7,10-13,17-18,23,25H,8-9,14-16H2,1-3H3,(H,31,35)(H3,29,30,34)/t18-,25+/m1/s1. The van der Waals surface area contributed by atoms with Crippen LogP contribution in [0.3, 0.4) is 0 Å². The SMILES string of the molecule is COC(=O)[C@H](CCCNC(N)=O)CC(=O)[C@@H](NC(=O)OCC1c2ccccc2-c2ccccc21)C(C)C. The largest absolute Gasteiger partial charge is 0.469 e. The van der Waals surface area contributed by atoms with E-state index in [1.54, 1.807) is 0 Å². The van der Waals surface area contributed by atoms with Crippen LogP contribution in [0.1, 0.15) is 50.2 Å². The molecule has 4 N–H and O–H groups in total. The monoisotopic (exact) mass is 509 g/mol. The molecule has 0 unspecified atom stereocenters. The lowest BCUT2D eigenvalue weighted by molar-refractivity contribution is -0.147. The van der Waals surface area contributed by atoms with Gasteiger partial charge in [0.2, 0.25) is 0 Å². The van der Waals surface area contributed by atoms with Crippen molar-refractivity contribution >= 4 is 23.9 Å². The number of Topliss-reactive ketones (excluding diaryl/α,β-unsaturated/α-hetero) is 1. The minimum atomic E-state index is -0.827. The summed E-state index contributed by atoms with van der Waals surface area (Å²) >= 11 is 0. The number of hydrogen-bond donors (Lipinski definition) is 3. The van der Waals surface area contributed by atoms with Crippen molar-refractivity contribution in [2.45, 2.75) is 45.1 Å². The molecule has 1 aliphatic rings. The molecule has 2 atom stereocenters. The molecule has 0 radical (unpaired) electrons. The van der Waals surface area contributed by atoms with Crippen LogP contribution < -0.4 is 16.4 Å². The lowest BCUT2D eigenvalue weighted by Gasteiger charge is -2.23. The summed E-state index contributed by atoms with van der Waals surface area (Å²) < 4.78 is 10.5. The van der Waals surface area contributed by atoms with Crippen LogP contribution in [0.5, 0.6) is 0 Å². The molecule has 0 aromatic heterocycles. The second-order valence-corrected chi connectivity index (χ2v) is 9.52. The fraction of sp³-hybridized carbons (Fsp3) is 0.429. The number of hydrogen-bond acceptors (Lipinski definition) is 6. The van der Waals surface area contributed by atoms with Gasteiger partial charge in [0.1, 0.15) is 6.61 Å². The molecule has 1 aliphatic carbocycles. The number of carbonyl (C=O) groups is 4. The van der Waals surface area contributed by atoms with E-state index in [1.807, 2.05) is 50.2 Å². The van der Waals surface area contributed by atoms with E-state index in [2.05, 4.69) is 22.8 Å². The van der Waals surface area contributed by atoms with Gasteiger partial charge in [-0.3, -0.25) is 9.59 Å². The number of nitrogens with one attached hydrogen (secondary N) is 2. The number of esters is 1. The maximum Gasteiger partial charge on any atom is 0.407 e. The second-order valence-electron chi connectivity index (χ2n) is 9.52. The quantitative estimate of drug-likeness (QED) is 0.294. The fourth-order valence-corrected chi connectivity index (χ4v) is 4.79. The molecular weight excluding hydrogens is 474 g/mol. The Morgan fingerprint density at radius 3 is 2.11 bits per heavy atom. The van der Waals surface area contributed by atoms with Crippen molar-refractivity contribution in [3.05, 3.63) is 59.7 Å².